The largest absolute Gasteiger partial charge is 0.598 e. The van der Waals surface area contributed by atoms with Crippen LogP contribution in [-0.2, 0) is 21.7 Å². The molecule has 0 saturated heterocycles. The van der Waals surface area contributed by atoms with Crippen molar-refractivity contribution in [1.82, 2.24) is 9.71 Å². The van der Waals surface area contributed by atoms with Crippen molar-refractivity contribution in [3.8, 4) is 11.8 Å². The molecule has 0 radical (unpaired) electrons. The summed E-state index contributed by atoms with van der Waals surface area (Å²) in [6.07, 6.45) is 1.14. The number of rotatable bonds is 7. The average molecular weight is 476 g/mol. The van der Waals surface area contributed by atoms with Crippen LogP contribution in [0.2, 0.25) is 5.02 Å². The van der Waals surface area contributed by atoms with Crippen molar-refractivity contribution < 1.29 is 19.2 Å². The van der Waals surface area contributed by atoms with Gasteiger partial charge in [-0.1, -0.05) is 17.5 Å². The lowest BCUT2D eigenvalue weighted by molar-refractivity contribution is -0.138. The highest BCUT2D eigenvalue weighted by molar-refractivity contribution is 7.90. The smallest absolute Gasteiger partial charge is 0.305 e. The number of amides is 1. The number of carboxylic acid groups (broad SMARTS) is 1. The zero-order chi connectivity index (χ0) is 24.1. The minimum absolute atomic E-state index is 0.198. The lowest BCUT2D eigenvalue weighted by Gasteiger charge is -2.35. The maximum absolute atomic E-state index is 12.7. The van der Waals surface area contributed by atoms with Gasteiger partial charge in [-0.25, -0.2) is 4.98 Å². The third-order valence-electron chi connectivity index (χ3n) is 4.46. The summed E-state index contributed by atoms with van der Waals surface area (Å²) in [7, 11) is 0. The third-order valence-corrected chi connectivity index (χ3v) is 6.54. The van der Waals surface area contributed by atoms with E-state index in [1.54, 1.807) is 65.0 Å². The van der Waals surface area contributed by atoms with Crippen LogP contribution in [0.3, 0.4) is 0 Å². The van der Waals surface area contributed by atoms with Crippen LogP contribution in [0, 0.1) is 11.8 Å². The number of hydrogen-bond acceptors (Lipinski definition) is 5. The Bertz CT molecular complexity index is 1060. The highest BCUT2D eigenvalue weighted by atomic mass is 35.5. The lowest BCUT2D eigenvalue weighted by Crippen LogP contribution is -2.51. The molecule has 170 valence electrons. The Morgan fingerprint density at radius 3 is 2.44 bits per heavy atom. The van der Waals surface area contributed by atoms with Crippen LogP contribution >= 0.6 is 11.6 Å². The van der Waals surface area contributed by atoms with Crippen molar-refractivity contribution in [2.24, 2.45) is 0 Å². The Kier molecular flexibility index (Phi) is 8.32. The molecule has 3 N–H and O–H groups in total. The van der Waals surface area contributed by atoms with Gasteiger partial charge in [-0.05, 0) is 70.5 Å². The van der Waals surface area contributed by atoms with Gasteiger partial charge in [-0.3, -0.25) is 9.59 Å². The fourth-order valence-corrected chi connectivity index (χ4v) is 4.04. The van der Waals surface area contributed by atoms with Crippen LogP contribution in [-0.4, -0.2) is 31.3 Å². The molecule has 1 heterocycles. The van der Waals surface area contributed by atoms with E-state index in [2.05, 4.69) is 26.9 Å². The van der Waals surface area contributed by atoms with E-state index < -0.39 is 33.5 Å². The van der Waals surface area contributed by atoms with Gasteiger partial charge in [0.2, 0.25) is 0 Å². The second-order valence-electron chi connectivity index (χ2n) is 8.34. The number of carboxylic acids is 1. The number of benzene rings is 1. The SMILES string of the molecule is CC#Cc1ccc(C(=O)Nc2ccc(Cl)c(C(C)(CC(=O)O)N[S@+]([O-])C(C)(C)C)c2)nc1. The Balaban J connectivity index is 2.36. The maximum Gasteiger partial charge on any atom is 0.305 e. The number of carbonyl (C=O) groups excluding carboxylic acids is 1. The number of halogens is 1. The number of nitrogens with one attached hydrogen (secondary N) is 2. The van der Waals surface area contributed by atoms with Gasteiger partial charge in [0.1, 0.15) is 10.4 Å². The molecule has 0 aliphatic heterocycles. The fourth-order valence-electron chi connectivity index (χ4n) is 2.81. The van der Waals surface area contributed by atoms with E-state index in [4.69, 9.17) is 11.6 Å². The summed E-state index contributed by atoms with van der Waals surface area (Å²) in [6, 6.07) is 7.99. The van der Waals surface area contributed by atoms with Gasteiger partial charge in [0.25, 0.3) is 5.91 Å². The molecule has 0 aliphatic rings. The third kappa shape index (κ3) is 6.71. The van der Waals surface area contributed by atoms with Gasteiger partial charge >= 0.3 is 5.97 Å². The molecule has 0 spiro atoms. The van der Waals surface area contributed by atoms with Gasteiger partial charge in [0, 0.05) is 33.8 Å². The van der Waals surface area contributed by atoms with Crippen LogP contribution in [0.1, 0.15) is 62.7 Å². The number of carbonyl (C=O) groups is 2. The molecule has 1 aromatic carbocycles. The summed E-state index contributed by atoms with van der Waals surface area (Å²) in [5, 5.41) is 12.5. The number of aromatic nitrogens is 1. The van der Waals surface area contributed by atoms with Gasteiger partial charge in [-0.2, -0.15) is 0 Å². The zero-order valence-electron chi connectivity index (χ0n) is 18.6. The van der Waals surface area contributed by atoms with Gasteiger partial charge < -0.3 is 15.0 Å². The Hall–Kier alpha value is -2.57. The quantitative estimate of drug-likeness (QED) is 0.410. The zero-order valence-corrected chi connectivity index (χ0v) is 20.1. The Morgan fingerprint density at radius 1 is 1.22 bits per heavy atom. The first-order valence-corrected chi connectivity index (χ1v) is 11.3. The molecular formula is C23H26ClN3O4S. The molecule has 32 heavy (non-hydrogen) atoms. The van der Waals surface area contributed by atoms with Crippen molar-refractivity contribution in [1.29, 1.82) is 0 Å². The van der Waals surface area contributed by atoms with E-state index in [0.29, 0.717) is 16.8 Å². The standard InChI is InChI=1S/C23H26ClN3O4S/c1-6-7-15-8-11-19(25-14-15)21(30)26-16-9-10-18(24)17(12-16)23(5,13-20(28)29)27-32(31)22(2,3)4/h8-12,14,27H,13H2,1-5H3,(H,26,30)(H,28,29)/t23?,32-/m1/s1. The lowest BCUT2D eigenvalue weighted by atomic mass is 9.89. The van der Waals surface area contributed by atoms with Crippen LogP contribution in [0.4, 0.5) is 5.69 Å². The molecule has 2 atom stereocenters. The normalized spacial score (nSPS) is 14.0. The molecule has 1 aromatic heterocycles. The molecule has 1 unspecified atom stereocenters. The second kappa shape index (κ2) is 10.4. The van der Waals surface area contributed by atoms with Gasteiger partial charge in [-0.15, -0.1) is 10.6 Å². The molecule has 1 amide bonds. The minimum atomic E-state index is -1.56. The van der Waals surface area contributed by atoms with Crippen molar-refractivity contribution >= 4 is 40.5 Å². The Labute approximate surface area is 196 Å². The maximum atomic E-state index is 12.7. The van der Waals surface area contributed by atoms with Crippen molar-refractivity contribution in [3.63, 3.8) is 0 Å². The molecular weight excluding hydrogens is 450 g/mol. The highest BCUT2D eigenvalue weighted by Gasteiger charge is 2.40. The predicted molar refractivity (Wildman–Crippen MR) is 127 cm³/mol. The van der Waals surface area contributed by atoms with E-state index in [9.17, 15) is 19.2 Å². The van der Waals surface area contributed by atoms with Gasteiger partial charge in [0.05, 0.1) is 12.0 Å². The first-order chi connectivity index (χ1) is 14.9. The van der Waals surface area contributed by atoms with Crippen LogP contribution in [0.5, 0.6) is 0 Å². The first kappa shape index (κ1) is 25.7. The molecule has 9 heteroatoms. The fraction of sp³-hybridized carbons (Fsp3) is 0.348. The summed E-state index contributed by atoms with van der Waals surface area (Å²) in [4.78, 5) is 28.3. The minimum Gasteiger partial charge on any atom is -0.598 e. The Morgan fingerprint density at radius 2 is 1.91 bits per heavy atom. The molecule has 0 bridgehead atoms. The first-order valence-electron chi connectivity index (χ1n) is 9.77. The van der Waals surface area contributed by atoms with Crippen LogP contribution in [0.25, 0.3) is 0 Å². The molecule has 0 fully saturated rings. The summed E-state index contributed by atoms with van der Waals surface area (Å²) in [5.74, 6) is 4.09. The molecule has 2 rings (SSSR count). The van der Waals surface area contributed by atoms with E-state index in [1.807, 2.05) is 0 Å². The van der Waals surface area contributed by atoms with Crippen LogP contribution in [0.15, 0.2) is 36.5 Å². The molecule has 0 saturated carbocycles. The van der Waals surface area contributed by atoms with E-state index in [-0.39, 0.29) is 17.1 Å². The average Bonchev–Trinajstić information content (AvgIpc) is 2.68. The summed E-state index contributed by atoms with van der Waals surface area (Å²) < 4.78 is 15.0. The predicted octanol–water partition coefficient (Wildman–Crippen LogP) is 4.10. The van der Waals surface area contributed by atoms with E-state index in [1.165, 1.54) is 6.20 Å². The molecule has 2 aromatic rings. The summed E-state index contributed by atoms with van der Waals surface area (Å²) >= 11 is 4.83. The summed E-state index contributed by atoms with van der Waals surface area (Å²) in [5.41, 5.74) is 0.441. The number of aliphatic carboxylic acids is 1. The van der Waals surface area contributed by atoms with Crippen molar-refractivity contribution in [3.05, 3.63) is 58.4 Å². The van der Waals surface area contributed by atoms with Crippen molar-refractivity contribution in [2.45, 2.75) is 51.3 Å². The second-order valence-corrected chi connectivity index (χ2v) is 10.7. The van der Waals surface area contributed by atoms with Gasteiger partial charge in [0.15, 0.2) is 0 Å². The molecule has 0 aliphatic carbocycles. The van der Waals surface area contributed by atoms with E-state index in [0.717, 1.165) is 0 Å². The van der Waals surface area contributed by atoms with Crippen LogP contribution < -0.4 is 10.0 Å². The molecule has 7 nitrogen and oxygen atoms in total. The summed E-state index contributed by atoms with van der Waals surface area (Å²) in [6.45, 7) is 8.66. The van der Waals surface area contributed by atoms with Crippen molar-refractivity contribution in [2.75, 3.05) is 5.32 Å². The monoisotopic (exact) mass is 475 g/mol. The van der Waals surface area contributed by atoms with E-state index >= 15 is 0 Å². The topological polar surface area (TPSA) is 114 Å². The highest BCUT2D eigenvalue weighted by Crippen LogP contribution is 2.35. The number of anilines is 1. The number of nitrogens with zero attached hydrogens (tertiary/aromatic N) is 1. The number of hydrogen-bond donors (Lipinski definition) is 3. The number of pyridine rings is 1.